The summed E-state index contributed by atoms with van der Waals surface area (Å²) in [7, 11) is 1.54. The summed E-state index contributed by atoms with van der Waals surface area (Å²) in [6.07, 6.45) is 0. The number of methoxy groups -OCH3 is 1. The lowest BCUT2D eigenvalue weighted by Crippen LogP contribution is -2.26. The minimum atomic E-state index is -0.269. The molecule has 0 aliphatic carbocycles. The topological polar surface area (TPSA) is 30.5 Å². The van der Waals surface area contributed by atoms with Crippen LogP contribution in [0.25, 0.3) is 0 Å². The van der Waals surface area contributed by atoms with E-state index in [4.69, 9.17) is 9.47 Å². The zero-order chi connectivity index (χ0) is 12.7. The summed E-state index contributed by atoms with van der Waals surface area (Å²) < 4.78 is 24.4. The smallest absolute Gasteiger partial charge is 0.131 e. The molecule has 0 heterocycles. The van der Waals surface area contributed by atoms with Gasteiger partial charge in [0.05, 0.1) is 19.8 Å². The van der Waals surface area contributed by atoms with Gasteiger partial charge in [0, 0.05) is 12.2 Å². The van der Waals surface area contributed by atoms with E-state index in [0.29, 0.717) is 24.5 Å². The molecule has 17 heavy (non-hydrogen) atoms. The highest BCUT2D eigenvalue weighted by Crippen LogP contribution is 2.28. The van der Waals surface area contributed by atoms with Gasteiger partial charge in [-0.2, -0.15) is 0 Å². The van der Waals surface area contributed by atoms with Crippen LogP contribution in [-0.4, -0.2) is 26.9 Å². The van der Waals surface area contributed by atoms with Crippen LogP contribution in [0.4, 0.5) is 4.39 Å². The fraction of sp³-hybridized carbons (Fsp3) is 0.538. The van der Waals surface area contributed by atoms with Crippen LogP contribution < -0.4 is 10.1 Å². The van der Waals surface area contributed by atoms with Gasteiger partial charge in [-0.15, -0.1) is 0 Å². The van der Waals surface area contributed by atoms with Crippen molar-refractivity contribution in [1.82, 2.24) is 5.32 Å². The molecule has 4 heteroatoms. The molecule has 0 aliphatic rings. The first-order valence-electron chi connectivity index (χ1n) is 5.88. The molecule has 0 spiro atoms. The minimum absolute atomic E-state index is 0.184. The van der Waals surface area contributed by atoms with E-state index in [-0.39, 0.29) is 11.9 Å². The number of ether oxygens (including phenoxy) is 2. The molecule has 1 rings (SSSR count). The van der Waals surface area contributed by atoms with E-state index < -0.39 is 0 Å². The Labute approximate surface area is 102 Å². The summed E-state index contributed by atoms with van der Waals surface area (Å²) in [4.78, 5) is 0. The molecule has 1 aromatic carbocycles. The van der Waals surface area contributed by atoms with Gasteiger partial charge in [-0.25, -0.2) is 4.39 Å². The second-order valence-corrected chi connectivity index (χ2v) is 3.63. The number of hydrogen-bond acceptors (Lipinski definition) is 3. The van der Waals surface area contributed by atoms with Crippen LogP contribution in [0.1, 0.15) is 25.5 Å². The zero-order valence-electron chi connectivity index (χ0n) is 10.6. The molecule has 0 saturated heterocycles. The van der Waals surface area contributed by atoms with E-state index >= 15 is 0 Å². The summed E-state index contributed by atoms with van der Waals surface area (Å²) >= 11 is 0. The quantitative estimate of drug-likeness (QED) is 0.795. The maximum atomic E-state index is 13.9. The highest BCUT2D eigenvalue weighted by atomic mass is 19.1. The Hall–Kier alpha value is -1.13. The normalized spacial score (nSPS) is 12.5. The molecule has 0 bridgehead atoms. The van der Waals surface area contributed by atoms with Gasteiger partial charge in [0.2, 0.25) is 0 Å². The van der Waals surface area contributed by atoms with Crippen molar-refractivity contribution in [2.24, 2.45) is 0 Å². The van der Waals surface area contributed by atoms with Crippen LogP contribution in [-0.2, 0) is 4.74 Å². The largest absolute Gasteiger partial charge is 0.496 e. The van der Waals surface area contributed by atoms with Crippen molar-refractivity contribution in [3.05, 3.63) is 29.6 Å². The molecule has 1 unspecified atom stereocenters. The second-order valence-electron chi connectivity index (χ2n) is 3.63. The Morgan fingerprint density at radius 1 is 1.35 bits per heavy atom. The average Bonchev–Trinajstić information content (AvgIpc) is 2.34. The van der Waals surface area contributed by atoms with Gasteiger partial charge in [0.25, 0.3) is 0 Å². The second kappa shape index (κ2) is 7.25. The number of hydrogen-bond donors (Lipinski definition) is 1. The highest BCUT2D eigenvalue weighted by Gasteiger charge is 2.19. The number of benzene rings is 1. The minimum Gasteiger partial charge on any atom is -0.496 e. The third kappa shape index (κ3) is 3.68. The fourth-order valence-electron chi connectivity index (χ4n) is 1.76. The van der Waals surface area contributed by atoms with Crippen molar-refractivity contribution < 1.29 is 13.9 Å². The summed E-state index contributed by atoms with van der Waals surface area (Å²) in [6, 6.07) is 4.65. The van der Waals surface area contributed by atoms with Gasteiger partial charge in [-0.05, 0) is 25.6 Å². The number of rotatable bonds is 7. The first-order valence-corrected chi connectivity index (χ1v) is 5.88. The first kappa shape index (κ1) is 13.9. The van der Waals surface area contributed by atoms with Gasteiger partial charge in [-0.1, -0.05) is 13.0 Å². The third-order valence-corrected chi connectivity index (χ3v) is 2.52. The predicted molar refractivity (Wildman–Crippen MR) is 65.9 cm³/mol. The summed E-state index contributed by atoms with van der Waals surface area (Å²) in [5, 5.41) is 3.20. The zero-order valence-corrected chi connectivity index (χ0v) is 10.6. The Kier molecular flexibility index (Phi) is 5.94. The molecule has 1 atom stereocenters. The Morgan fingerprint density at radius 2 is 2.12 bits per heavy atom. The molecule has 96 valence electrons. The van der Waals surface area contributed by atoms with E-state index in [0.717, 1.165) is 6.54 Å². The molecule has 1 N–H and O–H groups in total. The molecule has 0 saturated carbocycles. The van der Waals surface area contributed by atoms with Crippen molar-refractivity contribution >= 4 is 0 Å². The lowest BCUT2D eigenvalue weighted by atomic mass is 10.1. The van der Waals surface area contributed by atoms with Gasteiger partial charge >= 0.3 is 0 Å². The van der Waals surface area contributed by atoms with Crippen LogP contribution in [0.5, 0.6) is 5.75 Å². The lowest BCUT2D eigenvalue weighted by Gasteiger charge is -2.21. The fourth-order valence-corrected chi connectivity index (χ4v) is 1.76. The SMILES string of the molecule is CCNC(COCC)c1c(F)cccc1OC. The van der Waals surface area contributed by atoms with E-state index in [1.54, 1.807) is 19.2 Å². The van der Waals surface area contributed by atoms with Crippen LogP contribution in [0.2, 0.25) is 0 Å². The summed E-state index contributed by atoms with van der Waals surface area (Å²) in [5.41, 5.74) is 0.533. The van der Waals surface area contributed by atoms with Gasteiger partial charge < -0.3 is 14.8 Å². The molecule has 1 aromatic rings. The van der Waals surface area contributed by atoms with Gasteiger partial charge in [0.15, 0.2) is 0 Å². The average molecular weight is 241 g/mol. The molecule has 3 nitrogen and oxygen atoms in total. The van der Waals surface area contributed by atoms with Crippen LogP contribution in [0, 0.1) is 5.82 Å². The van der Waals surface area contributed by atoms with Crippen LogP contribution in [0.15, 0.2) is 18.2 Å². The molecular weight excluding hydrogens is 221 g/mol. The standard InChI is InChI=1S/C13H20FNO2/c1-4-15-11(9-17-5-2)13-10(14)7-6-8-12(13)16-3/h6-8,11,15H,4-5,9H2,1-3H3. The molecule has 0 amide bonds. The molecule has 0 radical (unpaired) electrons. The Balaban J connectivity index is 2.98. The van der Waals surface area contributed by atoms with Crippen molar-refractivity contribution in [2.45, 2.75) is 19.9 Å². The van der Waals surface area contributed by atoms with Crippen LogP contribution >= 0.6 is 0 Å². The molecule has 0 fully saturated rings. The maximum Gasteiger partial charge on any atom is 0.131 e. The molecule has 0 aromatic heterocycles. The first-order chi connectivity index (χ1) is 8.24. The lowest BCUT2D eigenvalue weighted by molar-refractivity contribution is 0.121. The number of halogens is 1. The van der Waals surface area contributed by atoms with Crippen molar-refractivity contribution in [3.63, 3.8) is 0 Å². The van der Waals surface area contributed by atoms with E-state index in [1.807, 2.05) is 13.8 Å². The summed E-state index contributed by atoms with van der Waals surface area (Å²) in [6.45, 7) is 5.68. The maximum absolute atomic E-state index is 13.9. The molecular formula is C13H20FNO2. The highest BCUT2D eigenvalue weighted by molar-refractivity contribution is 5.37. The predicted octanol–water partition coefficient (Wildman–Crippen LogP) is 2.52. The van der Waals surface area contributed by atoms with Gasteiger partial charge in [0.1, 0.15) is 11.6 Å². The van der Waals surface area contributed by atoms with E-state index in [1.165, 1.54) is 6.07 Å². The van der Waals surface area contributed by atoms with Crippen molar-refractivity contribution in [1.29, 1.82) is 0 Å². The Morgan fingerprint density at radius 3 is 2.71 bits per heavy atom. The van der Waals surface area contributed by atoms with Crippen molar-refractivity contribution in [2.75, 3.05) is 26.9 Å². The molecule has 0 aliphatic heterocycles. The monoisotopic (exact) mass is 241 g/mol. The summed E-state index contributed by atoms with van der Waals surface area (Å²) in [5.74, 6) is 0.283. The van der Waals surface area contributed by atoms with E-state index in [9.17, 15) is 4.39 Å². The third-order valence-electron chi connectivity index (χ3n) is 2.52. The van der Waals surface area contributed by atoms with Crippen LogP contribution in [0.3, 0.4) is 0 Å². The van der Waals surface area contributed by atoms with Crippen molar-refractivity contribution in [3.8, 4) is 5.75 Å². The number of nitrogens with one attached hydrogen (secondary N) is 1. The Bertz CT molecular complexity index is 344. The number of likely N-dealkylation sites (N-methyl/N-ethyl adjacent to an activating group) is 1. The van der Waals surface area contributed by atoms with E-state index in [2.05, 4.69) is 5.32 Å². The van der Waals surface area contributed by atoms with Gasteiger partial charge in [-0.3, -0.25) is 0 Å².